The van der Waals surface area contributed by atoms with Gasteiger partial charge in [-0.15, -0.1) is 0 Å². The molecule has 1 saturated carbocycles. The fourth-order valence-corrected chi connectivity index (χ4v) is 2.85. The van der Waals surface area contributed by atoms with Gasteiger partial charge < -0.3 is 15.1 Å². The van der Waals surface area contributed by atoms with Crippen LogP contribution in [0.25, 0.3) is 0 Å². The molecule has 23 heavy (non-hydrogen) atoms. The smallest absolute Gasteiger partial charge is 0.291 e. The highest BCUT2D eigenvalue weighted by Gasteiger charge is 2.17. The van der Waals surface area contributed by atoms with Crippen LogP contribution in [0, 0.1) is 0 Å². The van der Waals surface area contributed by atoms with E-state index in [0.717, 1.165) is 12.8 Å². The van der Waals surface area contributed by atoms with Gasteiger partial charge in [0, 0.05) is 17.3 Å². The van der Waals surface area contributed by atoms with Crippen molar-refractivity contribution in [3.05, 3.63) is 54.0 Å². The van der Waals surface area contributed by atoms with E-state index in [4.69, 9.17) is 4.42 Å². The van der Waals surface area contributed by atoms with Crippen LogP contribution in [-0.4, -0.2) is 17.9 Å². The maximum absolute atomic E-state index is 12.3. The number of carbonyl (C=O) groups is 2. The highest BCUT2D eigenvalue weighted by molar-refractivity contribution is 6.03. The zero-order valence-electron chi connectivity index (χ0n) is 12.9. The third-order valence-corrected chi connectivity index (χ3v) is 4.07. The number of hydrogen-bond acceptors (Lipinski definition) is 3. The molecule has 5 heteroatoms. The lowest BCUT2D eigenvalue weighted by Gasteiger charge is -2.22. The Kier molecular flexibility index (Phi) is 4.76. The van der Waals surface area contributed by atoms with Gasteiger partial charge in [0.05, 0.1) is 6.26 Å². The van der Waals surface area contributed by atoms with E-state index in [1.54, 1.807) is 36.4 Å². The van der Waals surface area contributed by atoms with Gasteiger partial charge in [-0.3, -0.25) is 9.59 Å². The molecule has 0 aliphatic heterocycles. The van der Waals surface area contributed by atoms with Crippen LogP contribution < -0.4 is 10.6 Å². The monoisotopic (exact) mass is 312 g/mol. The molecule has 1 heterocycles. The van der Waals surface area contributed by atoms with Gasteiger partial charge in [-0.25, -0.2) is 0 Å². The molecule has 2 amide bonds. The first-order chi connectivity index (χ1) is 11.2. The molecule has 2 N–H and O–H groups in total. The zero-order valence-corrected chi connectivity index (χ0v) is 12.9. The number of anilines is 1. The largest absolute Gasteiger partial charge is 0.459 e. The Morgan fingerprint density at radius 3 is 2.57 bits per heavy atom. The van der Waals surface area contributed by atoms with Gasteiger partial charge in [-0.1, -0.05) is 25.3 Å². The number of carbonyl (C=O) groups excluding carboxylic acids is 2. The summed E-state index contributed by atoms with van der Waals surface area (Å²) in [5, 5.41) is 5.80. The third kappa shape index (κ3) is 4.00. The first-order valence-electron chi connectivity index (χ1n) is 7.98. The van der Waals surface area contributed by atoms with Crippen molar-refractivity contribution in [3.8, 4) is 0 Å². The maximum Gasteiger partial charge on any atom is 0.291 e. The summed E-state index contributed by atoms with van der Waals surface area (Å²) in [6.07, 6.45) is 7.12. The average Bonchev–Trinajstić information content (AvgIpc) is 3.11. The summed E-state index contributed by atoms with van der Waals surface area (Å²) in [5.41, 5.74) is 1.12. The second-order valence-electron chi connectivity index (χ2n) is 5.82. The SMILES string of the molecule is O=C(NC1CCCCC1)c1cccc(NC(=O)c2ccco2)c1. The van der Waals surface area contributed by atoms with E-state index in [1.165, 1.54) is 25.5 Å². The number of furan rings is 1. The van der Waals surface area contributed by atoms with Gasteiger partial charge in [0.1, 0.15) is 0 Å². The average molecular weight is 312 g/mol. The normalized spacial score (nSPS) is 15.1. The lowest BCUT2D eigenvalue weighted by atomic mass is 9.95. The summed E-state index contributed by atoms with van der Waals surface area (Å²) in [5.74, 6) is -0.187. The molecule has 2 aromatic rings. The Labute approximate surface area is 135 Å². The van der Waals surface area contributed by atoms with Crippen molar-refractivity contribution in [2.75, 3.05) is 5.32 Å². The Morgan fingerprint density at radius 1 is 1.00 bits per heavy atom. The molecular formula is C18H20N2O3. The Balaban J connectivity index is 1.64. The van der Waals surface area contributed by atoms with Crippen LogP contribution in [-0.2, 0) is 0 Å². The van der Waals surface area contributed by atoms with Crippen molar-refractivity contribution < 1.29 is 14.0 Å². The van der Waals surface area contributed by atoms with Gasteiger partial charge in [-0.2, -0.15) is 0 Å². The molecule has 0 spiro atoms. The quantitative estimate of drug-likeness (QED) is 0.906. The van der Waals surface area contributed by atoms with Crippen molar-refractivity contribution in [2.45, 2.75) is 38.1 Å². The molecule has 0 bridgehead atoms. The molecule has 0 saturated heterocycles. The van der Waals surface area contributed by atoms with Crippen LogP contribution >= 0.6 is 0 Å². The van der Waals surface area contributed by atoms with E-state index in [2.05, 4.69) is 10.6 Å². The van der Waals surface area contributed by atoms with Crippen molar-refractivity contribution in [1.82, 2.24) is 5.32 Å². The van der Waals surface area contributed by atoms with Crippen LogP contribution in [0.5, 0.6) is 0 Å². The molecule has 5 nitrogen and oxygen atoms in total. The van der Waals surface area contributed by atoms with Gasteiger partial charge >= 0.3 is 0 Å². The molecule has 1 aromatic heterocycles. The lowest BCUT2D eigenvalue weighted by Crippen LogP contribution is -2.36. The van der Waals surface area contributed by atoms with Gasteiger partial charge in [0.15, 0.2) is 5.76 Å². The van der Waals surface area contributed by atoms with Gasteiger partial charge in [0.25, 0.3) is 11.8 Å². The number of rotatable bonds is 4. The predicted octanol–water partition coefficient (Wildman–Crippen LogP) is 3.59. The van der Waals surface area contributed by atoms with E-state index in [1.807, 2.05) is 0 Å². The minimum atomic E-state index is -0.333. The van der Waals surface area contributed by atoms with Gasteiger partial charge in [-0.05, 0) is 43.2 Å². The molecule has 0 unspecified atom stereocenters. The van der Waals surface area contributed by atoms with Crippen LogP contribution in [0.2, 0.25) is 0 Å². The number of amides is 2. The summed E-state index contributed by atoms with van der Waals surface area (Å²) in [4.78, 5) is 24.3. The molecule has 0 radical (unpaired) electrons. The van der Waals surface area contributed by atoms with Crippen molar-refractivity contribution in [1.29, 1.82) is 0 Å². The summed E-state index contributed by atoms with van der Waals surface area (Å²) in [7, 11) is 0. The second-order valence-corrected chi connectivity index (χ2v) is 5.82. The minimum absolute atomic E-state index is 0.0917. The lowest BCUT2D eigenvalue weighted by molar-refractivity contribution is 0.0926. The van der Waals surface area contributed by atoms with Crippen LogP contribution in [0.4, 0.5) is 5.69 Å². The first kappa shape index (κ1) is 15.3. The first-order valence-corrected chi connectivity index (χ1v) is 7.98. The Morgan fingerprint density at radius 2 is 1.83 bits per heavy atom. The summed E-state index contributed by atoms with van der Waals surface area (Å²) >= 11 is 0. The standard InChI is InChI=1S/C18H20N2O3/c21-17(19-14-7-2-1-3-8-14)13-6-4-9-15(12-13)20-18(22)16-10-5-11-23-16/h4-6,9-12,14H,1-3,7-8H2,(H,19,21)(H,20,22). The van der Waals surface area contributed by atoms with Crippen LogP contribution in [0.3, 0.4) is 0 Å². The molecule has 1 aromatic carbocycles. The topological polar surface area (TPSA) is 71.3 Å². The van der Waals surface area contributed by atoms with Crippen LogP contribution in [0.15, 0.2) is 47.1 Å². The molecule has 1 aliphatic rings. The fraction of sp³-hybridized carbons (Fsp3) is 0.333. The number of nitrogens with one attached hydrogen (secondary N) is 2. The van der Waals surface area contributed by atoms with E-state index < -0.39 is 0 Å². The molecule has 1 aliphatic carbocycles. The van der Waals surface area contributed by atoms with E-state index in [-0.39, 0.29) is 23.6 Å². The molecule has 0 atom stereocenters. The number of hydrogen-bond donors (Lipinski definition) is 2. The molecular weight excluding hydrogens is 292 g/mol. The van der Waals surface area contributed by atoms with E-state index in [9.17, 15) is 9.59 Å². The Hall–Kier alpha value is -2.56. The summed E-state index contributed by atoms with van der Waals surface area (Å²) in [6.45, 7) is 0. The molecule has 120 valence electrons. The van der Waals surface area contributed by atoms with Gasteiger partial charge in [0.2, 0.25) is 0 Å². The summed E-state index contributed by atoms with van der Waals surface area (Å²) in [6, 6.07) is 10.4. The van der Waals surface area contributed by atoms with Crippen molar-refractivity contribution in [2.24, 2.45) is 0 Å². The molecule has 1 fully saturated rings. The Bertz CT molecular complexity index is 673. The van der Waals surface area contributed by atoms with E-state index >= 15 is 0 Å². The molecule has 3 rings (SSSR count). The minimum Gasteiger partial charge on any atom is -0.459 e. The van der Waals surface area contributed by atoms with Crippen molar-refractivity contribution >= 4 is 17.5 Å². The van der Waals surface area contributed by atoms with Crippen LogP contribution in [0.1, 0.15) is 53.0 Å². The fourth-order valence-electron chi connectivity index (χ4n) is 2.85. The highest BCUT2D eigenvalue weighted by Crippen LogP contribution is 2.18. The second kappa shape index (κ2) is 7.13. The summed E-state index contributed by atoms with van der Waals surface area (Å²) < 4.78 is 5.05. The number of benzene rings is 1. The maximum atomic E-state index is 12.3. The van der Waals surface area contributed by atoms with Crippen molar-refractivity contribution in [3.63, 3.8) is 0 Å². The predicted molar refractivity (Wildman–Crippen MR) is 87.4 cm³/mol. The highest BCUT2D eigenvalue weighted by atomic mass is 16.3. The van der Waals surface area contributed by atoms with E-state index in [0.29, 0.717) is 11.3 Å². The zero-order chi connectivity index (χ0) is 16.1. The third-order valence-electron chi connectivity index (χ3n) is 4.07.